The highest BCUT2D eigenvalue weighted by molar-refractivity contribution is 5.81. The van der Waals surface area contributed by atoms with Crippen molar-refractivity contribution in [2.24, 2.45) is 29.6 Å². The lowest BCUT2D eigenvalue weighted by Crippen LogP contribution is -2.70. The minimum Gasteiger partial charge on any atom is -0.435 e. The minimum atomic E-state index is -0.889. The van der Waals surface area contributed by atoms with Crippen LogP contribution in [0.5, 0.6) is 0 Å². The van der Waals surface area contributed by atoms with E-state index in [9.17, 15) is 14.4 Å². The molecule has 1 aromatic heterocycles. The lowest BCUT2D eigenvalue weighted by molar-refractivity contribution is -0.576. The average molecular weight is 557 g/mol. The number of esters is 1. The summed E-state index contributed by atoms with van der Waals surface area (Å²) in [6.45, 7) is 7.99. The van der Waals surface area contributed by atoms with Crippen LogP contribution in [0.25, 0.3) is 0 Å². The zero-order chi connectivity index (χ0) is 27.8. The van der Waals surface area contributed by atoms with Crippen molar-refractivity contribution in [2.45, 2.75) is 102 Å². The number of pyridine rings is 1. The van der Waals surface area contributed by atoms with Crippen LogP contribution in [-0.2, 0) is 40.1 Å². The first-order valence-corrected chi connectivity index (χ1v) is 15.0. The number of nitrogens with zero attached hydrogens (tertiary/aromatic N) is 2. The summed E-state index contributed by atoms with van der Waals surface area (Å²) in [5.41, 5.74) is 0.314. The monoisotopic (exact) mass is 556 g/mol. The highest BCUT2D eigenvalue weighted by atomic mass is 17.3. The van der Waals surface area contributed by atoms with Gasteiger partial charge in [-0.25, -0.2) is 9.78 Å². The highest BCUT2D eigenvalue weighted by Gasteiger charge is 2.69. The van der Waals surface area contributed by atoms with Crippen LogP contribution in [0.2, 0.25) is 0 Å². The Labute approximate surface area is 234 Å². The average Bonchev–Trinajstić information content (AvgIpc) is 3.16. The summed E-state index contributed by atoms with van der Waals surface area (Å²) in [7, 11) is 0. The fraction of sp³-hybridized carbons (Fsp3) is 0.767. The second kappa shape index (κ2) is 9.64. The van der Waals surface area contributed by atoms with Gasteiger partial charge in [0.1, 0.15) is 0 Å². The molecular weight excluding hydrogens is 516 g/mol. The van der Waals surface area contributed by atoms with Crippen molar-refractivity contribution in [3.63, 3.8) is 0 Å². The SMILES string of the molecule is C[C@H]1[C@H](OC(=O)CCC(=O)N2C[C@H]3C[C@@H](C2)c2cccc(=O)n2C3)O[C@@H]2O[C@@]3(C)CC[C@@H]4[C@H](C)CC[C@@H]1[C@@]24OO3. The first-order valence-electron chi connectivity index (χ1n) is 15.0. The Bertz CT molecular complexity index is 1250. The molecule has 0 N–H and O–H groups in total. The molecule has 0 radical (unpaired) electrons. The molecule has 1 aromatic rings. The maximum atomic E-state index is 13.2. The fourth-order valence-corrected chi connectivity index (χ4v) is 8.66. The molecule has 10 atom stereocenters. The van der Waals surface area contributed by atoms with Gasteiger partial charge in [-0.15, -0.1) is 0 Å². The van der Waals surface area contributed by atoms with E-state index in [1.54, 1.807) is 12.1 Å². The van der Waals surface area contributed by atoms with Crippen LogP contribution in [0.4, 0.5) is 0 Å². The molecule has 218 valence electrons. The Hall–Kier alpha value is -2.27. The molecule has 5 saturated heterocycles. The Morgan fingerprint density at radius 1 is 1.05 bits per heavy atom. The first kappa shape index (κ1) is 26.6. The molecule has 10 nitrogen and oxygen atoms in total. The predicted molar refractivity (Wildman–Crippen MR) is 140 cm³/mol. The summed E-state index contributed by atoms with van der Waals surface area (Å²) in [5, 5.41) is 0. The number of carbonyl (C=O) groups excluding carboxylic acids is 2. The Balaban J connectivity index is 0.990. The molecule has 6 fully saturated rings. The van der Waals surface area contributed by atoms with Gasteiger partial charge in [0.05, 0.1) is 6.42 Å². The van der Waals surface area contributed by atoms with Crippen molar-refractivity contribution in [1.29, 1.82) is 0 Å². The second-order valence-electron chi connectivity index (χ2n) is 13.3. The van der Waals surface area contributed by atoms with Gasteiger partial charge in [-0.2, -0.15) is 0 Å². The van der Waals surface area contributed by atoms with Crippen molar-refractivity contribution < 1.29 is 33.6 Å². The largest absolute Gasteiger partial charge is 0.435 e. The van der Waals surface area contributed by atoms with Crippen LogP contribution in [0, 0.1) is 29.6 Å². The normalized spacial score (nSPS) is 43.3. The molecule has 0 aromatic carbocycles. The molecule has 0 unspecified atom stereocenters. The molecule has 7 heterocycles. The molecule has 1 amide bonds. The van der Waals surface area contributed by atoms with Gasteiger partial charge >= 0.3 is 5.97 Å². The number of piperidine rings is 1. The standard InChI is InChI=1S/C30H40N2O8/c1-17-7-8-22-18(2)27(37-28-30(22)21(17)11-12-29(3,38-28)39-40-30)36-26(35)10-9-24(33)31-14-19-13-20(16-31)23-5-4-6-25(34)32(23)15-19/h4-6,17-22,27-28H,7-16H2,1-3H3/t17-,18-,19-,20+,21-,22+,27-,28-,29-,30-/m1/s1. The molecular formula is C30H40N2O8. The molecule has 1 spiro atoms. The maximum absolute atomic E-state index is 13.2. The Kier molecular flexibility index (Phi) is 6.42. The molecule has 40 heavy (non-hydrogen) atoms. The molecule has 1 saturated carbocycles. The van der Waals surface area contributed by atoms with Crippen LogP contribution >= 0.6 is 0 Å². The quantitative estimate of drug-likeness (QED) is 0.411. The minimum absolute atomic E-state index is 0.00832. The number of aromatic nitrogens is 1. The summed E-state index contributed by atoms with van der Waals surface area (Å²) >= 11 is 0. The van der Waals surface area contributed by atoms with Crippen molar-refractivity contribution >= 4 is 11.9 Å². The van der Waals surface area contributed by atoms with E-state index in [2.05, 4.69) is 6.92 Å². The summed E-state index contributed by atoms with van der Waals surface area (Å²) < 4.78 is 20.4. The molecule has 6 aliphatic heterocycles. The number of hydrogen-bond acceptors (Lipinski definition) is 8. The van der Waals surface area contributed by atoms with Gasteiger partial charge < -0.3 is 23.7 Å². The number of hydrogen-bond donors (Lipinski definition) is 0. The van der Waals surface area contributed by atoms with E-state index in [1.807, 2.05) is 29.4 Å². The van der Waals surface area contributed by atoms with E-state index in [0.717, 1.165) is 37.8 Å². The topological polar surface area (TPSA) is 106 Å². The van der Waals surface area contributed by atoms with Crippen molar-refractivity contribution in [3.05, 3.63) is 34.2 Å². The van der Waals surface area contributed by atoms with Gasteiger partial charge in [0.25, 0.3) is 5.56 Å². The number of rotatable bonds is 4. The molecule has 8 rings (SSSR count). The van der Waals surface area contributed by atoms with Gasteiger partial charge in [-0.3, -0.25) is 14.4 Å². The number of likely N-dealkylation sites (tertiary alicyclic amines) is 1. The van der Waals surface area contributed by atoms with Crippen molar-refractivity contribution in [1.82, 2.24) is 9.47 Å². The van der Waals surface area contributed by atoms with Crippen LogP contribution < -0.4 is 5.56 Å². The molecule has 7 aliphatic rings. The lowest BCUT2D eigenvalue weighted by Gasteiger charge is -2.59. The van der Waals surface area contributed by atoms with Crippen LogP contribution in [0.3, 0.4) is 0 Å². The third-order valence-corrected chi connectivity index (χ3v) is 10.7. The molecule has 1 aliphatic carbocycles. The van der Waals surface area contributed by atoms with Crippen molar-refractivity contribution in [3.8, 4) is 0 Å². The van der Waals surface area contributed by atoms with Crippen LogP contribution in [-0.4, -0.2) is 58.4 Å². The van der Waals surface area contributed by atoms with Crippen LogP contribution in [0.15, 0.2) is 23.0 Å². The summed E-state index contributed by atoms with van der Waals surface area (Å²) in [4.78, 5) is 52.3. The van der Waals surface area contributed by atoms with E-state index in [-0.39, 0.29) is 53.9 Å². The summed E-state index contributed by atoms with van der Waals surface area (Å²) in [6, 6.07) is 5.37. The number of carbonyl (C=O) groups is 2. The van der Waals surface area contributed by atoms with E-state index in [4.69, 9.17) is 24.0 Å². The van der Waals surface area contributed by atoms with Gasteiger partial charge in [0.2, 0.25) is 18.0 Å². The first-order chi connectivity index (χ1) is 19.2. The number of amides is 1. The smallest absolute Gasteiger partial charge is 0.308 e. The zero-order valence-corrected chi connectivity index (χ0v) is 23.6. The highest BCUT2D eigenvalue weighted by Crippen LogP contribution is 2.60. The Morgan fingerprint density at radius 2 is 1.90 bits per heavy atom. The number of ether oxygens (including phenoxy) is 3. The van der Waals surface area contributed by atoms with Crippen LogP contribution in [0.1, 0.15) is 77.3 Å². The zero-order valence-electron chi connectivity index (χ0n) is 23.6. The van der Waals surface area contributed by atoms with Gasteiger partial charge in [0.15, 0.2) is 11.9 Å². The predicted octanol–water partition coefficient (Wildman–Crippen LogP) is 3.33. The van der Waals surface area contributed by atoms with E-state index in [0.29, 0.717) is 25.6 Å². The van der Waals surface area contributed by atoms with Gasteiger partial charge in [0, 0.05) is 62.0 Å². The van der Waals surface area contributed by atoms with E-state index >= 15 is 0 Å². The van der Waals surface area contributed by atoms with E-state index in [1.165, 1.54) is 0 Å². The molecule has 10 heteroatoms. The van der Waals surface area contributed by atoms with Gasteiger partial charge in [-0.1, -0.05) is 19.9 Å². The summed E-state index contributed by atoms with van der Waals surface area (Å²) in [5.74, 6) is -0.339. The lowest BCUT2D eigenvalue weighted by atomic mass is 9.58. The van der Waals surface area contributed by atoms with Gasteiger partial charge in [-0.05, 0) is 56.4 Å². The second-order valence-corrected chi connectivity index (χ2v) is 13.3. The maximum Gasteiger partial charge on any atom is 0.308 e. The fourth-order valence-electron chi connectivity index (χ4n) is 8.66. The number of fused-ring (bicyclic) bond motifs is 6. The third-order valence-electron chi connectivity index (χ3n) is 10.7. The third kappa shape index (κ3) is 4.16. The van der Waals surface area contributed by atoms with Crippen molar-refractivity contribution in [2.75, 3.05) is 13.1 Å². The van der Waals surface area contributed by atoms with E-state index < -0.39 is 29.9 Å². The molecule has 4 bridgehead atoms. The summed E-state index contributed by atoms with van der Waals surface area (Å²) in [6.07, 6.45) is 3.26. The Morgan fingerprint density at radius 3 is 2.75 bits per heavy atom.